The van der Waals surface area contributed by atoms with Crippen LogP contribution in [-0.4, -0.2) is 26.9 Å². The molecule has 1 atom stereocenters. The van der Waals surface area contributed by atoms with Gasteiger partial charge in [-0.05, 0) is 37.6 Å². The zero-order valence-electron chi connectivity index (χ0n) is 11.0. The third-order valence-electron chi connectivity index (χ3n) is 2.57. The topological polar surface area (TPSA) is 30.5 Å². The van der Waals surface area contributed by atoms with Gasteiger partial charge in [0.15, 0.2) is 0 Å². The highest BCUT2D eigenvalue weighted by molar-refractivity contribution is 5.29. The standard InChI is InChI=1S/C14H23NO2/c1-4-10-15-14(11-16-3)12-6-8-13(9-7-12)17-5-2/h6-9,14-15H,4-5,10-11H2,1-3H3. The lowest BCUT2D eigenvalue weighted by molar-refractivity contribution is 0.167. The second-order valence-electron chi connectivity index (χ2n) is 3.96. The van der Waals surface area contributed by atoms with Gasteiger partial charge >= 0.3 is 0 Å². The molecule has 0 radical (unpaired) electrons. The molecule has 1 N–H and O–H groups in total. The van der Waals surface area contributed by atoms with Crippen LogP contribution in [0.15, 0.2) is 24.3 Å². The Morgan fingerprint density at radius 2 is 1.88 bits per heavy atom. The zero-order valence-corrected chi connectivity index (χ0v) is 11.0. The summed E-state index contributed by atoms with van der Waals surface area (Å²) >= 11 is 0. The maximum Gasteiger partial charge on any atom is 0.119 e. The van der Waals surface area contributed by atoms with Crippen LogP contribution >= 0.6 is 0 Å². The molecule has 0 bridgehead atoms. The summed E-state index contributed by atoms with van der Waals surface area (Å²) in [6.07, 6.45) is 1.12. The van der Waals surface area contributed by atoms with E-state index in [0.29, 0.717) is 13.2 Å². The Bertz CT molecular complexity index is 298. The summed E-state index contributed by atoms with van der Waals surface area (Å²) in [6.45, 7) is 6.55. The van der Waals surface area contributed by atoms with Gasteiger partial charge in [0, 0.05) is 7.11 Å². The average molecular weight is 237 g/mol. The molecule has 96 valence electrons. The van der Waals surface area contributed by atoms with Crippen molar-refractivity contribution in [2.75, 3.05) is 26.9 Å². The van der Waals surface area contributed by atoms with Crippen molar-refractivity contribution in [1.29, 1.82) is 0 Å². The highest BCUT2D eigenvalue weighted by atomic mass is 16.5. The Kier molecular flexibility index (Phi) is 6.67. The van der Waals surface area contributed by atoms with Crippen LogP contribution in [-0.2, 0) is 4.74 Å². The molecule has 0 heterocycles. The fraction of sp³-hybridized carbons (Fsp3) is 0.571. The smallest absolute Gasteiger partial charge is 0.119 e. The number of hydrogen-bond acceptors (Lipinski definition) is 3. The molecule has 0 aromatic heterocycles. The molecule has 0 saturated heterocycles. The minimum absolute atomic E-state index is 0.260. The minimum Gasteiger partial charge on any atom is -0.494 e. The van der Waals surface area contributed by atoms with Crippen molar-refractivity contribution in [2.45, 2.75) is 26.3 Å². The highest BCUT2D eigenvalue weighted by Crippen LogP contribution is 2.18. The maximum atomic E-state index is 5.43. The van der Waals surface area contributed by atoms with Crippen molar-refractivity contribution in [2.24, 2.45) is 0 Å². The molecule has 0 aliphatic heterocycles. The molecule has 3 heteroatoms. The van der Waals surface area contributed by atoms with Gasteiger partial charge in [0.25, 0.3) is 0 Å². The number of benzene rings is 1. The van der Waals surface area contributed by atoms with E-state index in [1.807, 2.05) is 19.1 Å². The third-order valence-corrected chi connectivity index (χ3v) is 2.57. The lowest BCUT2D eigenvalue weighted by Gasteiger charge is -2.18. The van der Waals surface area contributed by atoms with Crippen LogP contribution in [0, 0.1) is 0 Å². The molecule has 0 aliphatic rings. The molecular formula is C14H23NO2. The Hall–Kier alpha value is -1.06. The van der Waals surface area contributed by atoms with Crippen LogP contribution in [0.4, 0.5) is 0 Å². The van der Waals surface area contributed by atoms with Crippen molar-refractivity contribution in [3.63, 3.8) is 0 Å². The van der Waals surface area contributed by atoms with Crippen LogP contribution in [0.5, 0.6) is 5.75 Å². The molecule has 1 unspecified atom stereocenters. The van der Waals surface area contributed by atoms with Gasteiger partial charge in [0.1, 0.15) is 5.75 Å². The molecule has 1 aromatic carbocycles. The first-order valence-electron chi connectivity index (χ1n) is 6.26. The highest BCUT2D eigenvalue weighted by Gasteiger charge is 2.09. The molecule has 0 amide bonds. The summed E-state index contributed by atoms with van der Waals surface area (Å²) in [7, 11) is 1.73. The van der Waals surface area contributed by atoms with E-state index >= 15 is 0 Å². The molecule has 0 spiro atoms. The van der Waals surface area contributed by atoms with E-state index in [1.165, 1.54) is 5.56 Å². The Morgan fingerprint density at radius 1 is 1.18 bits per heavy atom. The Labute approximate surface area is 104 Å². The lowest BCUT2D eigenvalue weighted by Crippen LogP contribution is -2.25. The minimum atomic E-state index is 0.260. The van der Waals surface area contributed by atoms with Crippen molar-refractivity contribution >= 4 is 0 Å². The molecule has 3 nitrogen and oxygen atoms in total. The fourth-order valence-corrected chi connectivity index (χ4v) is 1.72. The van der Waals surface area contributed by atoms with E-state index in [-0.39, 0.29) is 6.04 Å². The fourth-order valence-electron chi connectivity index (χ4n) is 1.72. The molecule has 1 aromatic rings. The third kappa shape index (κ3) is 4.75. The molecule has 1 rings (SSSR count). The van der Waals surface area contributed by atoms with Crippen LogP contribution < -0.4 is 10.1 Å². The van der Waals surface area contributed by atoms with Gasteiger partial charge in [-0.2, -0.15) is 0 Å². The van der Waals surface area contributed by atoms with Gasteiger partial charge in [0.05, 0.1) is 19.3 Å². The summed E-state index contributed by atoms with van der Waals surface area (Å²) in [6, 6.07) is 8.47. The first-order valence-corrected chi connectivity index (χ1v) is 6.26. The van der Waals surface area contributed by atoms with Crippen molar-refractivity contribution in [3.8, 4) is 5.75 Å². The van der Waals surface area contributed by atoms with Gasteiger partial charge in [-0.3, -0.25) is 0 Å². The number of rotatable bonds is 8. The summed E-state index contributed by atoms with van der Waals surface area (Å²) in [5, 5.41) is 3.47. The molecule has 0 aliphatic carbocycles. The van der Waals surface area contributed by atoms with Gasteiger partial charge in [-0.1, -0.05) is 19.1 Å². The van der Waals surface area contributed by atoms with Crippen LogP contribution in [0.3, 0.4) is 0 Å². The lowest BCUT2D eigenvalue weighted by atomic mass is 10.1. The maximum absolute atomic E-state index is 5.43. The van der Waals surface area contributed by atoms with E-state index in [1.54, 1.807) is 7.11 Å². The molecular weight excluding hydrogens is 214 g/mol. The summed E-state index contributed by atoms with van der Waals surface area (Å²) < 4.78 is 10.7. The SMILES string of the molecule is CCCNC(COC)c1ccc(OCC)cc1. The van der Waals surface area contributed by atoms with Crippen molar-refractivity contribution < 1.29 is 9.47 Å². The van der Waals surface area contributed by atoms with Crippen LogP contribution in [0.2, 0.25) is 0 Å². The summed E-state index contributed by atoms with van der Waals surface area (Å²) in [5.41, 5.74) is 1.24. The van der Waals surface area contributed by atoms with E-state index in [0.717, 1.165) is 18.7 Å². The van der Waals surface area contributed by atoms with Gasteiger partial charge in [-0.25, -0.2) is 0 Å². The van der Waals surface area contributed by atoms with E-state index in [9.17, 15) is 0 Å². The largest absolute Gasteiger partial charge is 0.494 e. The van der Waals surface area contributed by atoms with Crippen molar-refractivity contribution in [3.05, 3.63) is 29.8 Å². The van der Waals surface area contributed by atoms with E-state index in [2.05, 4.69) is 24.4 Å². The Balaban J connectivity index is 2.65. The second kappa shape index (κ2) is 8.09. The van der Waals surface area contributed by atoms with Gasteiger partial charge < -0.3 is 14.8 Å². The first kappa shape index (κ1) is 14.0. The van der Waals surface area contributed by atoms with E-state index in [4.69, 9.17) is 9.47 Å². The van der Waals surface area contributed by atoms with Crippen molar-refractivity contribution in [1.82, 2.24) is 5.32 Å². The van der Waals surface area contributed by atoms with Crippen LogP contribution in [0.1, 0.15) is 31.9 Å². The van der Waals surface area contributed by atoms with Gasteiger partial charge in [0.2, 0.25) is 0 Å². The average Bonchev–Trinajstić information content (AvgIpc) is 2.36. The quantitative estimate of drug-likeness (QED) is 0.754. The number of methoxy groups -OCH3 is 1. The zero-order chi connectivity index (χ0) is 12.5. The number of hydrogen-bond donors (Lipinski definition) is 1. The number of ether oxygens (including phenoxy) is 2. The van der Waals surface area contributed by atoms with Crippen LogP contribution in [0.25, 0.3) is 0 Å². The first-order chi connectivity index (χ1) is 8.31. The van der Waals surface area contributed by atoms with Gasteiger partial charge in [-0.15, -0.1) is 0 Å². The molecule has 0 saturated carbocycles. The predicted molar refractivity (Wildman–Crippen MR) is 70.5 cm³/mol. The normalized spacial score (nSPS) is 12.4. The summed E-state index contributed by atoms with van der Waals surface area (Å²) in [5.74, 6) is 0.919. The Morgan fingerprint density at radius 3 is 2.41 bits per heavy atom. The van der Waals surface area contributed by atoms with E-state index < -0.39 is 0 Å². The second-order valence-corrected chi connectivity index (χ2v) is 3.96. The molecule has 0 fully saturated rings. The molecule has 17 heavy (non-hydrogen) atoms. The monoisotopic (exact) mass is 237 g/mol. The number of nitrogens with one attached hydrogen (secondary N) is 1. The summed E-state index contributed by atoms with van der Waals surface area (Å²) in [4.78, 5) is 0. The predicted octanol–water partition coefficient (Wildman–Crippen LogP) is 2.77.